The number of nitrogens with one attached hydrogen (secondary N) is 1. The van der Waals surface area contributed by atoms with Gasteiger partial charge in [0.15, 0.2) is 5.96 Å². The molecule has 2 aromatic rings. The molecule has 0 saturated carbocycles. The minimum Gasteiger partial charge on any atom is -0.483 e. The van der Waals surface area contributed by atoms with E-state index in [9.17, 15) is 0 Å². The standard InChI is InChI=1S/C17H19N3.CH2O2/c1-3-7-15(8-4-1)13-19-17-18-11-12-20(17)14-16-9-5-2-6-10-16;2-1-3/h1-10H,11-14H2,(H,18,19);1H,(H,2,3). The lowest BCUT2D eigenvalue weighted by molar-refractivity contribution is -0.122. The highest BCUT2D eigenvalue weighted by molar-refractivity contribution is 5.81. The van der Waals surface area contributed by atoms with Gasteiger partial charge in [-0.3, -0.25) is 9.79 Å². The molecular weight excluding hydrogens is 290 g/mol. The van der Waals surface area contributed by atoms with E-state index in [4.69, 9.17) is 9.90 Å². The molecule has 0 fully saturated rings. The van der Waals surface area contributed by atoms with Crippen LogP contribution in [0.5, 0.6) is 0 Å². The van der Waals surface area contributed by atoms with E-state index in [1.165, 1.54) is 11.1 Å². The molecule has 5 nitrogen and oxygen atoms in total. The fourth-order valence-corrected chi connectivity index (χ4v) is 2.38. The zero-order valence-corrected chi connectivity index (χ0v) is 12.9. The fraction of sp³-hybridized carbons (Fsp3) is 0.222. The second-order valence-electron chi connectivity index (χ2n) is 5.06. The Bertz CT molecular complexity index is 615. The van der Waals surface area contributed by atoms with Gasteiger partial charge in [-0.2, -0.15) is 0 Å². The van der Waals surface area contributed by atoms with Crippen molar-refractivity contribution in [2.24, 2.45) is 4.99 Å². The molecule has 2 aromatic carbocycles. The van der Waals surface area contributed by atoms with E-state index in [1.54, 1.807) is 0 Å². The Hall–Kier alpha value is -2.82. The number of guanidine groups is 1. The van der Waals surface area contributed by atoms with Crippen molar-refractivity contribution in [1.82, 2.24) is 10.2 Å². The smallest absolute Gasteiger partial charge is 0.290 e. The molecule has 0 saturated heterocycles. The largest absolute Gasteiger partial charge is 0.483 e. The molecular formula is C18H21N3O2. The molecule has 3 rings (SSSR count). The van der Waals surface area contributed by atoms with E-state index in [0.29, 0.717) is 0 Å². The van der Waals surface area contributed by atoms with Crippen molar-refractivity contribution in [3.63, 3.8) is 0 Å². The molecule has 120 valence electrons. The predicted octanol–water partition coefficient (Wildman–Crippen LogP) is 2.35. The van der Waals surface area contributed by atoms with Crippen LogP contribution in [-0.2, 0) is 17.9 Å². The number of hydrogen-bond acceptors (Lipinski definition) is 4. The molecule has 0 bridgehead atoms. The number of nitrogens with zero attached hydrogens (tertiary/aromatic N) is 2. The molecule has 0 amide bonds. The van der Waals surface area contributed by atoms with Crippen LogP contribution < -0.4 is 5.32 Å². The first-order valence-electron chi connectivity index (χ1n) is 7.52. The third kappa shape index (κ3) is 5.47. The van der Waals surface area contributed by atoms with Crippen molar-refractivity contribution in [3.05, 3.63) is 71.8 Å². The Morgan fingerprint density at radius 3 is 2.22 bits per heavy atom. The van der Waals surface area contributed by atoms with Gasteiger partial charge in [-0.25, -0.2) is 0 Å². The third-order valence-electron chi connectivity index (χ3n) is 3.44. The van der Waals surface area contributed by atoms with Crippen molar-refractivity contribution in [2.75, 3.05) is 13.1 Å². The quantitative estimate of drug-likeness (QED) is 0.851. The third-order valence-corrected chi connectivity index (χ3v) is 3.44. The molecule has 0 radical (unpaired) electrons. The molecule has 0 spiro atoms. The van der Waals surface area contributed by atoms with Crippen molar-refractivity contribution >= 4 is 12.4 Å². The maximum absolute atomic E-state index is 8.36. The van der Waals surface area contributed by atoms with Crippen molar-refractivity contribution in [2.45, 2.75) is 13.1 Å². The summed E-state index contributed by atoms with van der Waals surface area (Å²) in [7, 11) is 0. The number of rotatable bonds is 4. The van der Waals surface area contributed by atoms with Gasteiger partial charge in [-0.1, -0.05) is 60.7 Å². The van der Waals surface area contributed by atoms with Gasteiger partial charge in [-0.15, -0.1) is 0 Å². The first kappa shape index (κ1) is 16.5. The van der Waals surface area contributed by atoms with Crippen LogP contribution in [0, 0.1) is 0 Å². The van der Waals surface area contributed by atoms with Crippen LogP contribution >= 0.6 is 0 Å². The molecule has 0 aromatic heterocycles. The second kappa shape index (κ2) is 9.25. The zero-order chi connectivity index (χ0) is 16.3. The first-order chi connectivity index (χ1) is 11.3. The minimum absolute atomic E-state index is 0.250. The van der Waals surface area contributed by atoms with Crippen LogP contribution in [0.15, 0.2) is 65.7 Å². The Morgan fingerprint density at radius 1 is 1.04 bits per heavy atom. The number of carboxylic acid groups (broad SMARTS) is 1. The normalized spacial score (nSPS) is 12.9. The lowest BCUT2D eigenvalue weighted by atomic mass is 10.2. The van der Waals surface area contributed by atoms with Crippen LogP contribution in [0.2, 0.25) is 0 Å². The Labute approximate surface area is 136 Å². The van der Waals surface area contributed by atoms with E-state index >= 15 is 0 Å². The van der Waals surface area contributed by atoms with Crippen molar-refractivity contribution in [1.29, 1.82) is 0 Å². The minimum atomic E-state index is -0.250. The van der Waals surface area contributed by atoms with Crippen molar-refractivity contribution in [3.8, 4) is 0 Å². The second-order valence-corrected chi connectivity index (χ2v) is 5.06. The maximum Gasteiger partial charge on any atom is 0.290 e. The molecule has 5 heteroatoms. The number of benzene rings is 2. The van der Waals surface area contributed by atoms with E-state index < -0.39 is 0 Å². The van der Waals surface area contributed by atoms with Gasteiger partial charge in [0.05, 0.1) is 6.54 Å². The summed E-state index contributed by atoms with van der Waals surface area (Å²) in [6.07, 6.45) is 0. The maximum atomic E-state index is 8.36. The van der Waals surface area contributed by atoms with E-state index in [2.05, 4.69) is 69.8 Å². The molecule has 1 heterocycles. The lowest BCUT2D eigenvalue weighted by Crippen LogP contribution is -2.37. The van der Waals surface area contributed by atoms with Crippen LogP contribution in [0.25, 0.3) is 0 Å². The summed E-state index contributed by atoms with van der Waals surface area (Å²) >= 11 is 0. The zero-order valence-electron chi connectivity index (χ0n) is 12.9. The van der Waals surface area contributed by atoms with Crippen LogP contribution in [-0.4, -0.2) is 35.5 Å². The average molecular weight is 311 g/mol. The van der Waals surface area contributed by atoms with Gasteiger partial charge < -0.3 is 15.3 Å². The molecule has 2 N–H and O–H groups in total. The van der Waals surface area contributed by atoms with Gasteiger partial charge in [0, 0.05) is 19.6 Å². The summed E-state index contributed by atoms with van der Waals surface area (Å²) in [6.45, 7) is 3.36. The van der Waals surface area contributed by atoms with E-state index in [-0.39, 0.29) is 6.47 Å². The average Bonchev–Trinajstić information content (AvgIpc) is 3.03. The summed E-state index contributed by atoms with van der Waals surface area (Å²) in [5.74, 6) is 1.01. The monoisotopic (exact) mass is 311 g/mol. The molecule has 1 aliphatic rings. The summed E-state index contributed by atoms with van der Waals surface area (Å²) in [4.78, 5) is 15.2. The highest BCUT2D eigenvalue weighted by Gasteiger charge is 2.16. The van der Waals surface area contributed by atoms with E-state index in [0.717, 1.165) is 32.1 Å². The number of aliphatic imine (C=N–C) groups is 1. The van der Waals surface area contributed by atoms with Gasteiger partial charge in [-0.05, 0) is 11.1 Å². The Morgan fingerprint density at radius 2 is 1.61 bits per heavy atom. The molecule has 0 atom stereocenters. The predicted molar refractivity (Wildman–Crippen MR) is 91.1 cm³/mol. The summed E-state index contributed by atoms with van der Waals surface area (Å²) < 4.78 is 0. The first-order valence-corrected chi connectivity index (χ1v) is 7.52. The number of hydrogen-bond donors (Lipinski definition) is 2. The fourth-order valence-electron chi connectivity index (χ4n) is 2.38. The number of carbonyl (C=O) groups is 1. The van der Waals surface area contributed by atoms with E-state index in [1.807, 2.05) is 6.07 Å². The lowest BCUT2D eigenvalue weighted by Gasteiger charge is -2.21. The van der Waals surface area contributed by atoms with Crippen LogP contribution in [0.1, 0.15) is 11.1 Å². The van der Waals surface area contributed by atoms with Gasteiger partial charge in [0.25, 0.3) is 6.47 Å². The summed E-state index contributed by atoms with van der Waals surface area (Å²) in [5.41, 5.74) is 2.60. The highest BCUT2D eigenvalue weighted by Crippen LogP contribution is 2.08. The van der Waals surface area contributed by atoms with Crippen LogP contribution in [0.3, 0.4) is 0 Å². The van der Waals surface area contributed by atoms with Crippen molar-refractivity contribution < 1.29 is 9.90 Å². The van der Waals surface area contributed by atoms with Gasteiger partial charge in [0.2, 0.25) is 0 Å². The molecule has 0 unspecified atom stereocenters. The Balaban J connectivity index is 0.000000595. The van der Waals surface area contributed by atoms with Gasteiger partial charge >= 0.3 is 0 Å². The molecule has 23 heavy (non-hydrogen) atoms. The van der Waals surface area contributed by atoms with Gasteiger partial charge in [0.1, 0.15) is 0 Å². The Kier molecular flexibility index (Phi) is 6.65. The summed E-state index contributed by atoms with van der Waals surface area (Å²) in [5, 5.41) is 10.3. The molecule has 0 aliphatic carbocycles. The van der Waals surface area contributed by atoms with Crippen LogP contribution in [0.4, 0.5) is 0 Å². The SMILES string of the molecule is O=CO.c1ccc(CNC2=NCCN2Cc2ccccc2)cc1. The molecule has 1 aliphatic heterocycles. The summed E-state index contributed by atoms with van der Waals surface area (Å²) in [6, 6.07) is 21.0. The topological polar surface area (TPSA) is 64.9 Å². The highest BCUT2D eigenvalue weighted by atomic mass is 16.3.